The van der Waals surface area contributed by atoms with Gasteiger partial charge in [-0.1, -0.05) is 0 Å². The van der Waals surface area contributed by atoms with E-state index < -0.39 is 34.9 Å². The van der Waals surface area contributed by atoms with Crippen molar-refractivity contribution in [3.63, 3.8) is 0 Å². The number of carboxylic acids is 4. The third-order valence-electron chi connectivity index (χ3n) is 0.973. The molecule has 17 heteroatoms. The summed E-state index contributed by atoms with van der Waals surface area (Å²) in [7, 11) is 0. The summed E-state index contributed by atoms with van der Waals surface area (Å²) in [5, 5.41) is 47.4. The molecule has 17 nitrogen and oxygen atoms in total. The van der Waals surface area contributed by atoms with Crippen LogP contribution in [0.25, 0.3) is 0 Å². The number of hydrazine groups is 2. The van der Waals surface area contributed by atoms with Crippen LogP contribution in [0.2, 0.25) is 0 Å². The van der Waals surface area contributed by atoms with Crippen LogP contribution in [0.5, 0.6) is 0 Å². The number of aliphatic carboxylic acids is 4. The number of rotatable bonds is 5. The molecule has 0 aliphatic heterocycles. The lowest BCUT2D eigenvalue weighted by molar-refractivity contribution is -0.635. The summed E-state index contributed by atoms with van der Waals surface area (Å²) in [6, 6.07) is -0.801. The second kappa shape index (κ2) is 26.0. The minimum atomic E-state index is -0.855. The Morgan fingerprint density at radius 2 is 1.24 bits per heavy atom. The van der Waals surface area contributed by atoms with E-state index in [1.165, 1.54) is 6.19 Å². The van der Waals surface area contributed by atoms with Gasteiger partial charge in [-0.15, -0.1) is 0 Å². The molecule has 0 atom stereocenters. The molecule has 0 aliphatic carbocycles. The summed E-state index contributed by atoms with van der Waals surface area (Å²) >= 11 is 0. The largest absolute Gasteiger partial charge is 0.481 e. The molecule has 0 rings (SSSR count). The first-order valence-corrected chi connectivity index (χ1v) is 6.89. The van der Waals surface area contributed by atoms with Crippen molar-refractivity contribution in [3.05, 3.63) is 10.1 Å². The molecule has 0 unspecified atom stereocenters. The Kier molecular flexibility index (Phi) is 32.2. The molecular formula is C12H24N6O11. The Balaban J connectivity index is -0.0000000984. The smallest absolute Gasteiger partial charge is 0.326 e. The highest BCUT2D eigenvalue weighted by Gasteiger charge is 2.11. The molecule has 0 fully saturated rings. The van der Waals surface area contributed by atoms with E-state index in [2.05, 4.69) is 11.2 Å². The lowest BCUT2D eigenvalue weighted by Crippen LogP contribution is -2.44. The standard InChI is InChI=1S/C4H8N6O3.4C2H4O2/c5-3-9(10(12)13)2-1-7-8-4(6)11;4*1-2(3)4/h7H,1-2H2,(H3,6,8,11);4*1H3,(H,3,4). The van der Waals surface area contributed by atoms with Crippen LogP contribution in [0.15, 0.2) is 0 Å². The van der Waals surface area contributed by atoms with E-state index in [1.807, 2.05) is 5.43 Å². The zero-order valence-electron chi connectivity index (χ0n) is 16.0. The number of primary amides is 1. The van der Waals surface area contributed by atoms with Crippen LogP contribution in [0.1, 0.15) is 27.7 Å². The molecule has 0 saturated carbocycles. The average molecular weight is 428 g/mol. The Labute approximate surface area is 164 Å². The van der Waals surface area contributed by atoms with Crippen molar-refractivity contribution in [2.45, 2.75) is 27.7 Å². The third kappa shape index (κ3) is 146. The van der Waals surface area contributed by atoms with Crippen molar-refractivity contribution >= 4 is 29.9 Å². The molecule has 0 aliphatic rings. The first-order chi connectivity index (χ1) is 13.0. The maximum atomic E-state index is 10.1. The lowest BCUT2D eigenvalue weighted by atomic mass is 10.6. The van der Waals surface area contributed by atoms with Crippen LogP contribution in [-0.4, -0.2) is 73.5 Å². The maximum Gasteiger partial charge on any atom is 0.326 e. The second-order valence-electron chi connectivity index (χ2n) is 3.95. The van der Waals surface area contributed by atoms with Crippen LogP contribution in [-0.2, 0) is 19.2 Å². The van der Waals surface area contributed by atoms with Crippen molar-refractivity contribution in [3.8, 4) is 6.19 Å². The molecular weight excluding hydrogens is 404 g/mol. The molecule has 0 heterocycles. The topological polar surface area (TPSA) is 287 Å². The van der Waals surface area contributed by atoms with Gasteiger partial charge in [0.1, 0.15) is 6.54 Å². The second-order valence-corrected chi connectivity index (χ2v) is 3.95. The Morgan fingerprint density at radius 3 is 1.41 bits per heavy atom. The lowest BCUT2D eigenvalue weighted by Gasteiger charge is -2.05. The molecule has 0 aromatic heterocycles. The van der Waals surface area contributed by atoms with Crippen molar-refractivity contribution in [1.29, 1.82) is 5.26 Å². The monoisotopic (exact) mass is 428 g/mol. The molecule has 0 aromatic carbocycles. The van der Waals surface area contributed by atoms with Gasteiger partial charge in [0.2, 0.25) is 6.19 Å². The fourth-order valence-corrected chi connectivity index (χ4v) is 0.480. The minimum Gasteiger partial charge on any atom is -0.481 e. The molecule has 168 valence electrons. The number of urea groups is 1. The zero-order valence-corrected chi connectivity index (χ0v) is 16.0. The van der Waals surface area contributed by atoms with Gasteiger partial charge in [-0.05, 0) is 5.01 Å². The molecule has 29 heavy (non-hydrogen) atoms. The minimum absolute atomic E-state index is 0.0392. The van der Waals surface area contributed by atoms with E-state index in [4.69, 9.17) is 44.9 Å². The highest BCUT2D eigenvalue weighted by molar-refractivity contribution is 5.70. The predicted octanol–water partition coefficient (Wildman–Crippen LogP) is -1.50. The Morgan fingerprint density at radius 1 is 0.966 bits per heavy atom. The fraction of sp³-hybridized carbons (Fsp3) is 0.500. The van der Waals surface area contributed by atoms with E-state index in [-0.39, 0.29) is 13.1 Å². The van der Waals surface area contributed by atoms with Gasteiger partial charge in [0.15, 0.2) is 5.03 Å². The number of nitriles is 1. The molecule has 0 radical (unpaired) electrons. The number of nitro groups is 1. The van der Waals surface area contributed by atoms with Crippen molar-refractivity contribution in [2.24, 2.45) is 5.73 Å². The number of amides is 2. The zero-order chi connectivity index (χ0) is 24.6. The normalized spacial score (nSPS) is 7.28. The van der Waals surface area contributed by atoms with E-state index in [0.717, 1.165) is 27.7 Å². The van der Waals surface area contributed by atoms with Gasteiger partial charge in [-0.25, -0.2) is 20.3 Å². The first-order valence-electron chi connectivity index (χ1n) is 6.89. The first kappa shape index (κ1) is 35.8. The number of nitrogens with one attached hydrogen (secondary N) is 2. The fourth-order valence-electron chi connectivity index (χ4n) is 0.480. The van der Waals surface area contributed by atoms with Gasteiger partial charge >= 0.3 is 6.03 Å². The third-order valence-corrected chi connectivity index (χ3v) is 0.973. The van der Waals surface area contributed by atoms with Gasteiger partial charge in [-0.2, -0.15) is 5.26 Å². The number of hydrogen-bond donors (Lipinski definition) is 7. The number of carboxylic acid groups (broad SMARTS) is 4. The highest BCUT2D eigenvalue weighted by Crippen LogP contribution is 1.81. The van der Waals surface area contributed by atoms with Gasteiger partial charge < -0.3 is 26.2 Å². The van der Waals surface area contributed by atoms with Crippen LogP contribution in [0, 0.1) is 21.6 Å². The Bertz CT molecular complexity index is 497. The predicted molar refractivity (Wildman–Crippen MR) is 93.3 cm³/mol. The van der Waals surface area contributed by atoms with Gasteiger partial charge in [-0.3, -0.25) is 24.6 Å². The number of carbonyl (C=O) groups excluding carboxylic acids is 1. The van der Waals surface area contributed by atoms with Crippen molar-refractivity contribution in [2.75, 3.05) is 13.1 Å². The summed E-state index contributed by atoms with van der Waals surface area (Å²) in [5.74, 6) is -3.33. The molecule has 0 bridgehead atoms. The van der Waals surface area contributed by atoms with Gasteiger partial charge in [0, 0.05) is 34.2 Å². The van der Waals surface area contributed by atoms with E-state index in [1.54, 1.807) is 0 Å². The van der Waals surface area contributed by atoms with Crippen LogP contribution >= 0.6 is 0 Å². The van der Waals surface area contributed by atoms with Gasteiger partial charge in [0.05, 0.1) is 0 Å². The van der Waals surface area contributed by atoms with E-state index >= 15 is 0 Å². The van der Waals surface area contributed by atoms with E-state index in [0.29, 0.717) is 5.01 Å². The van der Waals surface area contributed by atoms with Crippen LogP contribution in [0.4, 0.5) is 4.79 Å². The molecule has 0 saturated heterocycles. The van der Waals surface area contributed by atoms with Gasteiger partial charge in [0.25, 0.3) is 23.9 Å². The summed E-state index contributed by atoms with van der Waals surface area (Å²) in [6.07, 6.45) is 1.34. The highest BCUT2D eigenvalue weighted by atomic mass is 16.7. The quantitative estimate of drug-likeness (QED) is 0.0861. The summed E-state index contributed by atoms with van der Waals surface area (Å²) in [6.45, 7) is 4.21. The van der Waals surface area contributed by atoms with Crippen molar-refractivity contribution in [1.82, 2.24) is 15.9 Å². The van der Waals surface area contributed by atoms with E-state index in [9.17, 15) is 14.9 Å². The van der Waals surface area contributed by atoms with Crippen LogP contribution < -0.4 is 16.6 Å². The number of carbonyl (C=O) groups is 5. The molecule has 2 amide bonds. The number of nitrogens with two attached hydrogens (primary N) is 1. The SMILES string of the molecule is CC(=O)O.CC(=O)O.CC(=O)O.CC(=O)O.N#CN(CCNNC(N)=O)[N+](=O)[O-]. The van der Waals surface area contributed by atoms with Crippen LogP contribution in [0.3, 0.4) is 0 Å². The van der Waals surface area contributed by atoms with Crippen molar-refractivity contribution < 1.29 is 49.4 Å². The molecule has 8 N–H and O–H groups in total. The number of hydrogen-bond acceptors (Lipinski definition) is 9. The average Bonchev–Trinajstić information content (AvgIpc) is 2.44. The summed E-state index contributed by atoms with van der Waals surface area (Å²) < 4.78 is 0. The summed E-state index contributed by atoms with van der Waals surface area (Å²) in [4.78, 5) is 56.1. The molecule has 0 spiro atoms. The summed E-state index contributed by atoms with van der Waals surface area (Å²) in [5.41, 5.74) is 8.95. The number of nitrogens with zero attached hydrogens (tertiary/aromatic N) is 3. The Hall–Kier alpha value is -4.20. The maximum absolute atomic E-state index is 10.1. The molecule has 0 aromatic rings.